The van der Waals surface area contributed by atoms with Gasteiger partial charge >= 0.3 is 0 Å². The molecule has 0 bridgehead atoms. The van der Waals surface area contributed by atoms with Gasteiger partial charge in [0.15, 0.2) is 0 Å². The summed E-state index contributed by atoms with van der Waals surface area (Å²) >= 11 is 0. The average Bonchev–Trinajstić information content (AvgIpc) is 3.12. The number of nitrogens with zero attached hydrogens (tertiary/aromatic N) is 1. The smallest absolute Gasteiger partial charge is 0.255 e. The van der Waals surface area contributed by atoms with E-state index in [0.29, 0.717) is 25.7 Å². The quantitative estimate of drug-likeness (QED) is 0.829. The van der Waals surface area contributed by atoms with Gasteiger partial charge in [0.1, 0.15) is 0 Å². The Morgan fingerprint density at radius 2 is 2.17 bits per heavy atom. The summed E-state index contributed by atoms with van der Waals surface area (Å²) in [6.45, 7) is 5.86. The Labute approximate surface area is 108 Å². The minimum absolute atomic E-state index is 0.123. The number of aryl methyl sites for hydroxylation is 2. The molecule has 100 valence electrons. The van der Waals surface area contributed by atoms with E-state index in [0.717, 1.165) is 16.8 Å². The van der Waals surface area contributed by atoms with E-state index in [1.807, 2.05) is 13.8 Å². The minimum atomic E-state index is 0.123. The SMILES string of the molecule is COCCn1c(C)cc(C)c(CNC2CC2)c1=O. The van der Waals surface area contributed by atoms with Crippen molar-refractivity contribution in [1.82, 2.24) is 9.88 Å². The lowest BCUT2D eigenvalue weighted by molar-refractivity contribution is 0.185. The molecule has 1 heterocycles. The van der Waals surface area contributed by atoms with Gasteiger partial charge in [0, 0.05) is 37.5 Å². The van der Waals surface area contributed by atoms with Crippen LogP contribution >= 0.6 is 0 Å². The molecule has 1 aliphatic carbocycles. The molecule has 1 aromatic rings. The Morgan fingerprint density at radius 1 is 1.44 bits per heavy atom. The first-order valence-electron chi connectivity index (χ1n) is 6.55. The highest BCUT2D eigenvalue weighted by molar-refractivity contribution is 5.26. The summed E-state index contributed by atoms with van der Waals surface area (Å²) in [6.07, 6.45) is 2.48. The van der Waals surface area contributed by atoms with Crippen molar-refractivity contribution in [3.63, 3.8) is 0 Å². The predicted molar refractivity (Wildman–Crippen MR) is 71.9 cm³/mol. The zero-order chi connectivity index (χ0) is 13.1. The summed E-state index contributed by atoms with van der Waals surface area (Å²) in [5.74, 6) is 0. The van der Waals surface area contributed by atoms with Gasteiger partial charge in [-0.3, -0.25) is 4.79 Å². The average molecular weight is 250 g/mol. The van der Waals surface area contributed by atoms with Crippen molar-refractivity contribution in [3.05, 3.63) is 33.2 Å². The number of nitrogens with one attached hydrogen (secondary N) is 1. The summed E-state index contributed by atoms with van der Waals surface area (Å²) in [4.78, 5) is 12.4. The van der Waals surface area contributed by atoms with Crippen LogP contribution in [0.4, 0.5) is 0 Å². The molecular formula is C14H22N2O2. The second-order valence-corrected chi connectivity index (χ2v) is 5.05. The first-order valence-corrected chi connectivity index (χ1v) is 6.55. The Hall–Kier alpha value is -1.13. The summed E-state index contributed by atoms with van der Waals surface area (Å²) < 4.78 is 6.86. The van der Waals surface area contributed by atoms with Crippen LogP contribution in [-0.2, 0) is 17.8 Å². The molecule has 18 heavy (non-hydrogen) atoms. The molecule has 0 aliphatic heterocycles. The fourth-order valence-electron chi connectivity index (χ4n) is 2.18. The second-order valence-electron chi connectivity index (χ2n) is 5.05. The van der Waals surface area contributed by atoms with Crippen molar-refractivity contribution in [2.75, 3.05) is 13.7 Å². The lowest BCUT2D eigenvalue weighted by Crippen LogP contribution is -2.31. The van der Waals surface area contributed by atoms with Gasteiger partial charge < -0.3 is 14.6 Å². The number of methoxy groups -OCH3 is 1. The normalized spacial score (nSPS) is 15.1. The van der Waals surface area contributed by atoms with E-state index in [4.69, 9.17) is 4.74 Å². The molecular weight excluding hydrogens is 228 g/mol. The molecule has 0 atom stereocenters. The lowest BCUT2D eigenvalue weighted by atomic mass is 10.1. The van der Waals surface area contributed by atoms with E-state index in [2.05, 4.69) is 11.4 Å². The van der Waals surface area contributed by atoms with Crippen LogP contribution in [0.2, 0.25) is 0 Å². The first kappa shape index (κ1) is 13.3. The first-order chi connectivity index (χ1) is 8.63. The molecule has 0 amide bonds. The van der Waals surface area contributed by atoms with E-state index in [1.165, 1.54) is 12.8 Å². The fourth-order valence-corrected chi connectivity index (χ4v) is 2.18. The third-order valence-electron chi connectivity index (χ3n) is 3.49. The predicted octanol–water partition coefficient (Wildman–Crippen LogP) is 1.36. The van der Waals surface area contributed by atoms with Crippen LogP contribution in [0.25, 0.3) is 0 Å². The van der Waals surface area contributed by atoms with Crippen molar-refractivity contribution >= 4 is 0 Å². The van der Waals surface area contributed by atoms with E-state index in [-0.39, 0.29) is 5.56 Å². The molecule has 1 fully saturated rings. The molecule has 0 radical (unpaired) electrons. The van der Waals surface area contributed by atoms with Gasteiger partial charge in [0.2, 0.25) is 0 Å². The second kappa shape index (κ2) is 5.67. The van der Waals surface area contributed by atoms with Crippen LogP contribution in [0, 0.1) is 13.8 Å². The molecule has 1 saturated carbocycles. The van der Waals surface area contributed by atoms with E-state index >= 15 is 0 Å². The van der Waals surface area contributed by atoms with Gasteiger partial charge in [0.05, 0.1) is 6.61 Å². The topological polar surface area (TPSA) is 43.3 Å². The van der Waals surface area contributed by atoms with Crippen LogP contribution in [0.3, 0.4) is 0 Å². The minimum Gasteiger partial charge on any atom is -0.383 e. The van der Waals surface area contributed by atoms with Crippen molar-refractivity contribution < 1.29 is 4.74 Å². The van der Waals surface area contributed by atoms with Crippen molar-refractivity contribution in [2.24, 2.45) is 0 Å². The summed E-state index contributed by atoms with van der Waals surface area (Å²) in [5, 5.41) is 3.41. The molecule has 4 heteroatoms. The van der Waals surface area contributed by atoms with Gasteiger partial charge in [-0.25, -0.2) is 0 Å². The highest BCUT2D eigenvalue weighted by Crippen LogP contribution is 2.19. The lowest BCUT2D eigenvalue weighted by Gasteiger charge is -2.14. The maximum atomic E-state index is 12.4. The van der Waals surface area contributed by atoms with Crippen molar-refractivity contribution in [1.29, 1.82) is 0 Å². The Balaban J connectivity index is 2.23. The number of ether oxygens (including phenoxy) is 1. The molecule has 1 aliphatic rings. The van der Waals surface area contributed by atoms with E-state index in [1.54, 1.807) is 11.7 Å². The van der Waals surface area contributed by atoms with Crippen LogP contribution < -0.4 is 10.9 Å². The van der Waals surface area contributed by atoms with Crippen LogP contribution in [0.15, 0.2) is 10.9 Å². The maximum absolute atomic E-state index is 12.4. The highest BCUT2D eigenvalue weighted by Gasteiger charge is 2.21. The van der Waals surface area contributed by atoms with Crippen molar-refractivity contribution in [2.45, 2.75) is 45.8 Å². The number of aromatic nitrogens is 1. The summed E-state index contributed by atoms with van der Waals surface area (Å²) in [7, 11) is 1.66. The van der Waals surface area contributed by atoms with Crippen molar-refractivity contribution in [3.8, 4) is 0 Å². The van der Waals surface area contributed by atoms with Crippen LogP contribution in [-0.4, -0.2) is 24.3 Å². The summed E-state index contributed by atoms with van der Waals surface area (Å²) in [5.41, 5.74) is 3.10. The largest absolute Gasteiger partial charge is 0.383 e. The summed E-state index contributed by atoms with van der Waals surface area (Å²) in [6, 6.07) is 2.71. The highest BCUT2D eigenvalue weighted by atomic mass is 16.5. The zero-order valence-electron chi connectivity index (χ0n) is 11.5. The Kier molecular flexibility index (Phi) is 4.19. The number of pyridine rings is 1. The number of rotatable bonds is 6. The molecule has 1 N–H and O–H groups in total. The monoisotopic (exact) mass is 250 g/mol. The molecule has 4 nitrogen and oxygen atoms in total. The van der Waals surface area contributed by atoms with Gasteiger partial charge in [-0.05, 0) is 38.3 Å². The molecule has 0 unspecified atom stereocenters. The maximum Gasteiger partial charge on any atom is 0.255 e. The Morgan fingerprint density at radius 3 is 2.78 bits per heavy atom. The standard InChI is InChI=1S/C14H22N2O2/c1-10-8-11(2)16(6-7-18-3)14(17)13(10)9-15-12-4-5-12/h8,12,15H,4-7,9H2,1-3H3. The van der Waals surface area contributed by atoms with E-state index < -0.39 is 0 Å². The van der Waals surface area contributed by atoms with Gasteiger partial charge in [-0.2, -0.15) is 0 Å². The molecule has 2 rings (SSSR count). The molecule has 0 aromatic carbocycles. The van der Waals surface area contributed by atoms with Gasteiger partial charge in [-0.1, -0.05) is 0 Å². The zero-order valence-corrected chi connectivity index (χ0v) is 11.5. The van der Waals surface area contributed by atoms with Crippen LogP contribution in [0.1, 0.15) is 29.7 Å². The fraction of sp³-hybridized carbons (Fsp3) is 0.643. The Bertz CT molecular complexity index is 475. The third-order valence-corrected chi connectivity index (χ3v) is 3.49. The number of hydrogen-bond donors (Lipinski definition) is 1. The van der Waals surface area contributed by atoms with Gasteiger partial charge in [-0.15, -0.1) is 0 Å². The molecule has 0 spiro atoms. The molecule has 1 aromatic heterocycles. The third kappa shape index (κ3) is 3.00. The van der Waals surface area contributed by atoms with Gasteiger partial charge in [0.25, 0.3) is 5.56 Å². The molecule has 0 saturated heterocycles. The number of hydrogen-bond acceptors (Lipinski definition) is 3. The van der Waals surface area contributed by atoms with Crippen LogP contribution in [0.5, 0.6) is 0 Å². The van der Waals surface area contributed by atoms with E-state index in [9.17, 15) is 4.79 Å².